The van der Waals surface area contributed by atoms with Crippen molar-refractivity contribution in [2.45, 2.75) is 82.0 Å². The summed E-state index contributed by atoms with van der Waals surface area (Å²) >= 11 is 0. The lowest BCUT2D eigenvalue weighted by atomic mass is 9.71. The largest absolute Gasteiger partial charge is 0.389 e. The quantitative estimate of drug-likeness (QED) is 0.823. The van der Waals surface area contributed by atoms with Crippen LogP contribution in [0.2, 0.25) is 0 Å². The lowest BCUT2D eigenvalue weighted by Crippen LogP contribution is -2.52. The molecule has 3 heteroatoms. The Kier molecular flexibility index (Phi) is 3.89. The molecule has 1 heterocycles. The van der Waals surface area contributed by atoms with Gasteiger partial charge in [0.05, 0.1) is 11.2 Å². The van der Waals surface area contributed by atoms with Crippen LogP contribution >= 0.6 is 0 Å². The molecule has 3 fully saturated rings. The van der Waals surface area contributed by atoms with Crippen molar-refractivity contribution in [3.63, 3.8) is 0 Å². The molecule has 0 amide bonds. The third kappa shape index (κ3) is 3.32. The smallest absolute Gasteiger partial charge is 0.0773 e. The molecule has 3 nitrogen and oxygen atoms in total. The third-order valence-electron chi connectivity index (χ3n) is 5.46. The van der Waals surface area contributed by atoms with Gasteiger partial charge in [-0.25, -0.2) is 0 Å². The van der Waals surface area contributed by atoms with E-state index < -0.39 is 5.60 Å². The van der Waals surface area contributed by atoms with Crippen molar-refractivity contribution >= 4 is 0 Å². The Bertz CT molecular complexity index is 300. The average molecular weight is 267 g/mol. The Morgan fingerprint density at radius 1 is 1.21 bits per heavy atom. The fraction of sp³-hybridized carbons (Fsp3) is 1.00. The molecule has 2 saturated carbocycles. The molecule has 0 radical (unpaired) electrons. The molecule has 3 rings (SSSR count). The molecular weight excluding hydrogens is 238 g/mol. The molecule has 1 aliphatic heterocycles. The van der Waals surface area contributed by atoms with Gasteiger partial charge in [0.1, 0.15) is 0 Å². The molecule has 2 unspecified atom stereocenters. The first-order chi connectivity index (χ1) is 9.10. The zero-order chi connectivity index (χ0) is 13.3. The fourth-order valence-electron chi connectivity index (χ4n) is 3.89. The van der Waals surface area contributed by atoms with E-state index in [2.05, 4.69) is 5.32 Å². The molecule has 0 aromatic rings. The lowest BCUT2D eigenvalue weighted by Gasteiger charge is -2.47. The molecule has 19 heavy (non-hydrogen) atoms. The summed E-state index contributed by atoms with van der Waals surface area (Å²) < 4.78 is 6.14. The monoisotopic (exact) mass is 267 g/mol. The van der Waals surface area contributed by atoms with E-state index in [0.717, 1.165) is 26.0 Å². The average Bonchev–Trinajstić information content (AvgIpc) is 3.22. The van der Waals surface area contributed by atoms with Gasteiger partial charge in [0.2, 0.25) is 0 Å². The molecule has 2 aliphatic carbocycles. The Balaban J connectivity index is 1.59. The van der Waals surface area contributed by atoms with Crippen LogP contribution in [-0.4, -0.2) is 35.5 Å². The molecule has 2 atom stereocenters. The number of hydrogen-bond donors (Lipinski definition) is 2. The topological polar surface area (TPSA) is 41.5 Å². The standard InChI is InChI=1S/C16H29NO2/c1-15(18,12-17-14-5-6-14)13-7-10-19-16(11-13)8-3-2-4-9-16/h13-14,17-18H,2-12H2,1H3. The highest BCUT2D eigenvalue weighted by molar-refractivity contribution is 4.97. The second-order valence-electron chi connectivity index (χ2n) is 7.29. The molecule has 1 spiro atoms. The Hall–Kier alpha value is -0.120. The van der Waals surface area contributed by atoms with Gasteiger partial charge in [-0.3, -0.25) is 0 Å². The van der Waals surface area contributed by atoms with Gasteiger partial charge in [-0.2, -0.15) is 0 Å². The van der Waals surface area contributed by atoms with Crippen molar-refractivity contribution in [3.8, 4) is 0 Å². The zero-order valence-electron chi connectivity index (χ0n) is 12.3. The van der Waals surface area contributed by atoms with E-state index in [1.165, 1.54) is 44.9 Å². The SMILES string of the molecule is CC(O)(CNC1CC1)C1CCOC2(CCCCC2)C1. The van der Waals surface area contributed by atoms with Crippen LogP contribution in [0.3, 0.4) is 0 Å². The lowest BCUT2D eigenvalue weighted by molar-refractivity contribution is -0.151. The summed E-state index contributed by atoms with van der Waals surface area (Å²) in [5, 5.41) is 14.3. The third-order valence-corrected chi connectivity index (χ3v) is 5.46. The molecule has 0 bridgehead atoms. The van der Waals surface area contributed by atoms with Crippen molar-refractivity contribution in [1.29, 1.82) is 0 Å². The van der Waals surface area contributed by atoms with Crippen molar-refractivity contribution in [1.82, 2.24) is 5.32 Å². The molecule has 1 saturated heterocycles. The van der Waals surface area contributed by atoms with Crippen LogP contribution in [0, 0.1) is 5.92 Å². The minimum atomic E-state index is -0.573. The van der Waals surface area contributed by atoms with Crippen LogP contribution in [0.4, 0.5) is 0 Å². The van der Waals surface area contributed by atoms with Crippen LogP contribution in [0.25, 0.3) is 0 Å². The van der Waals surface area contributed by atoms with Crippen molar-refractivity contribution in [2.24, 2.45) is 5.92 Å². The summed E-state index contributed by atoms with van der Waals surface area (Å²) in [6.45, 7) is 3.61. The van der Waals surface area contributed by atoms with Gasteiger partial charge in [0, 0.05) is 19.2 Å². The maximum Gasteiger partial charge on any atom is 0.0773 e. The van der Waals surface area contributed by atoms with Gasteiger partial charge in [0.15, 0.2) is 0 Å². The first-order valence-corrected chi connectivity index (χ1v) is 8.19. The maximum atomic E-state index is 10.8. The van der Waals surface area contributed by atoms with Gasteiger partial charge in [-0.1, -0.05) is 19.3 Å². The summed E-state index contributed by atoms with van der Waals surface area (Å²) in [6.07, 6.45) is 11.0. The second kappa shape index (κ2) is 5.34. The molecule has 2 N–H and O–H groups in total. The predicted molar refractivity (Wildman–Crippen MR) is 76.1 cm³/mol. The molecule has 0 aromatic carbocycles. The van der Waals surface area contributed by atoms with E-state index in [4.69, 9.17) is 4.74 Å². The van der Waals surface area contributed by atoms with E-state index >= 15 is 0 Å². The van der Waals surface area contributed by atoms with E-state index in [9.17, 15) is 5.11 Å². The highest BCUT2D eigenvalue weighted by Crippen LogP contribution is 2.43. The highest BCUT2D eigenvalue weighted by Gasteiger charge is 2.44. The molecular formula is C16H29NO2. The highest BCUT2D eigenvalue weighted by atomic mass is 16.5. The Morgan fingerprint density at radius 3 is 2.63 bits per heavy atom. The van der Waals surface area contributed by atoms with Crippen molar-refractivity contribution in [2.75, 3.05) is 13.2 Å². The fourth-order valence-corrected chi connectivity index (χ4v) is 3.89. The summed E-state index contributed by atoms with van der Waals surface area (Å²) in [5.41, 5.74) is -0.471. The van der Waals surface area contributed by atoms with Crippen LogP contribution in [-0.2, 0) is 4.74 Å². The van der Waals surface area contributed by atoms with Crippen LogP contribution in [0.15, 0.2) is 0 Å². The first-order valence-electron chi connectivity index (χ1n) is 8.19. The van der Waals surface area contributed by atoms with Crippen LogP contribution in [0.1, 0.15) is 64.7 Å². The van der Waals surface area contributed by atoms with Crippen molar-refractivity contribution < 1.29 is 9.84 Å². The number of ether oxygens (including phenoxy) is 1. The predicted octanol–water partition coefficient (Wildman–Crippen LogP) is 2.62. The van der Waals surface area contributed by atoms with Crippen LogP contribution in [0.5, 0.6) is 0 Å². The van der Waals surface area contributed by atoms with Gasteiger partial charge in [-0.05, 0) is 51.4 Å². The Labute approximate surface area is 117 Å². The van der Waals surface area contributed by atoms with E-state index in [-0.39, 0.29) is 5.60 Å². The zero-order valence-corrected chi connectivity index (χ0v) is 12.3. The minimum Gasteiger partial charge on any atom is -0.389 e. The number of nitrogens with one attached hydrogen (secondary N) is 1. The van der Waals surface area contributed by atoms with Gasteiger partial charge < -0.3 is 15.2 Å². The second-order valence-corrected chi connectivity index (χ2v) is 7.29. The maximum absolute atomic E-state index is 10.8. The van der Waals surface area contributed by atoms with Gasteiger partial charge >= 0.3 is 0 Å². The van der Waals surface area contributed by atoms with E-state index in [1.807, 2.05) is 6.92 Å². The number of aliphatic hydroxyl groups is 1. The molecule has 3 aliphatic rings. The van der Waals surface area contributed by atoms with E-state index in [0.29, 0.717) is 12.0 Å². The summed E-state index contributed by atoms with van der Waals surface area (Å²) in [4.78, 5) is 0. The number of hydrogen-bond acceptors (Lipinski definition) is 3. The van der Waals surface area contributed by atoms with Gasteiger partial charge in [-0.15, -0.1) is 0 Å². The van der Waals surface area contributed by atoms with Crippen LogP contribution < -0.4 is 5.32 Å². The molecule has 0 aromatic heterocycles. The summed E-state index contributed by atoms with van der Waals surface area (Å²) in [6, 6.07) is 0.676. The van der Waals surface area contributed by atoms with E-state index in [1.54, 1.807) is 0 Å². The number of rotatable bonds is 4. The summed E-state index contributed by atoms with van der Waals surface area (Å²) in [5.74, 6) is 0.394. The van der Waals surface area contributed by atoms with Crippen molar-refractivity contribution in [3.05, 3.63) is 0 Å². The van der Waals surface area contributed by atoms with Gasteiger partial charge in [0.25, 0.3) is 0 Å². The molecule has 110 valence electrons. The minimum absolute atomic E-state index is 0.102. The first kappa shape index (κ1) is 13.8. The summed E-state index contributed by atoms with van der Waals surface area (Å²) in [7, 11) is 0. The normalized spacial score (nSPS) is 34.1. The Morgan fingerprint density at radius 2 is 1.95 bits per heavy atom.